The number of hydrogen-bond acceptors (Lipinski definition) is 8. The lowest BCUT2D eigenvalue weighted by Crippen LogP contribution is -2.38. The number of rotatable bonds is 10. The molecule has 208 valence electrons. The van der Waals surface area contributed by atoms with Crippen molar-refractivity contribution < 1.29 is 33.3 Å². The molecule has 39 heavy (non-hydrogen) atoms. The van der Waals surface area contributed by atoms with Gasteiger partial charge in [0.2, 0.25) is 0 Å². The second-order valence-electron chi connectivity index (χ2n) is 9.46. The van der Waals surface area contributed by atoms with Gasteiger partial charge in [0, 0.05) is 46.0 Å². The van der Waals surface area contributed by atoms with Crippen molar-refractivity contribution in [3.05, 3.63) is 63.3 Å². The lowest BCUT2D eigenvalue weighted by atomic mass is 9.69. The van der Waals surface area contributed by atoms with Crippen molar-refractivity contribution in [3.8, 4) is 17.2 Å². The van der Waals surface area contributed by atoms with Crippen LogP contribution < -0.4 is 14.2 Å². The summed E-state index contributed by atoms with van der Waals surface area (Å²) in [6.07, 6.45) is 0.828. The summed E-state index contributed by atoms with van der Waals surface area (Å²) < 4.78 is 28.3. The van der Waals surface area contributed by atoms with E-state index in [1.165, 1.54) is 0 Å². The van der Waals surface area contributed by atoms with Gasteiger partial charge in [0.05, 0.1) is 27.9 Å². The molecule has 0 N–H and O–H groups in total. The largest absolute Gasteiger partial charge is 0.496 e. The minimum Gasteiger partial charge on any atom is -0.496 e. The Bertz CT molecular complexity index is 1300. The molecule has 0 spiro atoms. The monoisotopic (exact) mass is 599 g/mol. The minimum absolute atomic E-state index is 0.0496. The van der Waals surface area contributed by atoms with Crippen molar-refractivity contribution in [1.82, 2.24) is 0 Å². The van der Waals surface area contributed by atoms with E-state index in [-0.39, 0.29) is 24.7 Å². The number of carbonyl (C=O) groups excluding carboxylic acids is 2. The Morgan fingerprint density at radius 1 is 0.974 bits per heavy atom. The molecule has 1 aliphatic heterocycles. The molecule has 2 aliphatic rings. The summed E-state index contributed by atoms with van der Waals surface area (Å²) in [7, 11) is 4.76. The van der Waals surface area contributed by atoms with E-state index < -0.39 is 17.8 Å². The van der Waals surface area contributed by atoms with Crippen molar-refractivity contribution in [3.63, 3.8) is 0 Å². The summed E-state index contributed by atoms with van der Waals surface area (Å²) in [6.45, 7) is 4.66. The van der Waals surface area contributed by atoms with E-state index in [1.807, 2.05) is 50.2 Å². The smallest absolute Gasteiger partial charge is 0.315 e. The normalized spacial score (nSPS) is 20.7. The number of nitrogens with zero attached hydrogens (tertiary/aromatic N) is 1. The van der Waals surface area contributed by atoms with Crippen molar-refractivity contribution in [2.24, 2.45) is 10.9 Å². The van der Waals surface area contributed by atoms with Crippen LogP contribution >= 0.6 is 15.9 Å². The molecule has 0 amide bonds. The summed E-state index contributed by atoms with van der Waals surface area (Å²) in [5, 5.41) is 0. The van der Waals surface area contributed by atoms with Gasteiger partial charge in [-0.2, -0.15) is 0 Å². The van der Waals surface area contributed by atoms with Crippen LogP contribution in [0.3, 0.4) is 0 Å². The summed E-state index contributed by atoms with van der Waals surface area (Å²) in [4.78, 5) is 32.2. The highest BCUT2D eigenvalue weighted by Crippen LogP contribution is 2.49. The quantitative estimate of drug-likeness (QED) is 0.258. The minimum atomic E-state index is -0.768. The van der Waals surface area contributed by atoms with Crippen molar-refractivity contribution in [1.29, 1.82) is 0 Å². The van der Waals surface area contributed by atoms with Gasteiger partial charge in [-0.05, 0) is 62.1 Å². The van der Waals surface area contributed by atoms with Crippen LogP contribution in [0.2, 0.25) is 0 Å². The first-order valence-electron chi connectivity index (χ1n) is 12.9. The van der Waals surface area contributed by atoms with E-state index >= 15 is 0 Å². The summed E-state index contributed by atoms with van der Waals surface area (Å²) in [5.41, 5.74) is 3.53. The maximum Gasteiger partial charge on any atom is 0.315 e. The van der Waals surface area contributed by atoms with Crippen LogP contribution in [0.1, 0.15) is 49.7 Å². The third-order valence-corrected chi connectivity index (χ3v) is 7.72. The summed E-state index contributed by atoms with van der Waals surface area (Å²) in [5.74, 6) is -0.118. The number of benzene rings is 2. The highest BCUT2D eigenvalue weighted by molar-refractivity contribution is 9.10. The summed E-state index contributed by atoms with van der Waals surface area (Å²) in [6, 6.07) is 11.3. The van der Waals surface area contributed by atoms with Crippen molar-refractivity contribution >= 4 is 33.4 Å². The standard InChI is InChI=1S/C30H34BrNO7/c1-6-38-11-12-39-30(34)27-17(2)32-22-13-19(18-7-9-25(36-4)26(15-18)37-5)14-23(33)29(22)28(27)21-16-20(31)8-10-24(21)35-3/h7-10,15-16,19,27-28H,6,11-14H2,1-5H3/t19-,27?,28-/m0/s1. The maximum absolute atomic E-state index is 13.9. The second-order valence-corrected chi connectivity index (χ2v) is 10.4. The zero-order chi connectivity index (χ0) is 28.1. The molecule has 0 radical (unpaired) electrons. The Hall–Kier alpha value is -3.17. The Kier molecular flexibility index (Phi) is 9.45. The first-order valence-corrected chi connectivity index (χ1v) is 13.7. The number of Topliss-reactive ketones (excluding diaryl/α,β-unsaturated/α-hetero) is 1. The number of esters is 1. The predicted molar refractivity (Wildman–Crippen MR) is 151 cm³/mol. The van der Waals surface area contributed by atoms with Gasteiger partial charge in [-0.15, -0.1) is 0 Å². The van der Waals surface area contributed by atoms with Crippen LogP contribution in [-0.4, -0.2) is 58.6 Å². The highest BCUT2D eigenvalue weighted by Gasteiger charge is 2.46. The Morgan fingerprint density at radius 3 is 2.38 bits per heavy atom. The van der Waals surface area contributed by atoms with Gasteiger partial charge in [-0.1, -0.05) is 22.0 Å². The molecular formula is C30H34BrNO7. The first kappa shape index (κ1) is 28.8. The molecule has 2 aromatic rings. The molecule has 1 unspecified atom stereocenters. The van der Waals surface area contributed by atoms with Crippen LogP contribution in [0, 0.1) is 5.92 Å². The van der Waals surface area contributed by atoms with Crippen LogP contribution in [0.25, 0.3) is 0 Å². The zero-order valence-corrected chi connectivity index (χ0v) is 24.5. The number of ketones is 1. The van der Waals surface area contributed by atoms with Gasteiger partial charge in [-0.3, -0.25) is 14.6 Å². The summed E-state index contributed by atoms with van der Waals surface area (Å²) >= 11 is 3.55. The molecule has 4 rings (SSSR count). The lowest BCUT2D eigenvalue weighted by molar-refractivity contribution is -0.148. The van der Waals surface area contributed by atoms with Gasteiger partial charge in [-0.25, -0.2) is 0 Å². The van der Waals surface area contributed by atoms with E-state index in [1.54, 1.807) is 21.3 Å². The van der Waals surface area contributed by atoms with E-state index in [4.69, 9.17) is 28.7 Å². The molecule has 0 aromatic heterocycles. The van der Waals surface area contributed by atoms with Crippen molar-refractivity contribution in [2.45, 2.75) is 38.5 Å². The van der Waals surface area contributed by atoms with Gasteiger partial charge < -0.3 is 23.7 Å². The molecule has 9 heteroatoms. The second kappa shape index (κ2) is 12.8. The third kappa shape index (κ3) is 6.04. The number of methoxy groups -OCH3 is 3. The molecule has 0 saturated heterocycles. The Morgan fingerprint density at radius 2 is 1.69 bits per heavy atom. The van der Waals surface area contributed by atoms with Gasteiger partial charge >= 0.3 is 5.97 Å². The molecule has 8 nitrogen and oxygen atoms in total. The van der Waals surface area contributed by atoms with Crippen LogP contribution in [-0.2, 0) is 19.1 Å². The highest BCUT2D eigenvalue weighted by atomic mass is 79.9. The number of carbonyl (C=O) groups is 2. The number of ether oxygens (including phenoxy) is 5. The van der Waals surface area contributed by atoms with E-state index in [9.17, 15) is 9.59 Å². The molecule has 0 fully saturated rings. The number of allylic oxidation sites excluding steroid dienone is 2. The Labute approximate surface area is 237 Å². The van der Waals surface area contributed by atoms with Gasteiger partial charge in [0.25, 0.3) is 0 Å². The number of aliphatic imine (C=N–C) groups is 1. The zero-order valence-electron chi connectivity index (χ0n) is 22.9. The van der Waals surface area contributed by atoms with Crippen molar-refractivity contribution in [2.75, 3.05) is 41.2 Å². The molecule has 0 bridgehead atoms. The average molecular weight is 601 g/mol. The fourth-order valence-corrected chi connectivity index (χ4v) is 5.81. The van der Waals surface area contributed by atoms with E-state index in [0.29, 0.717) is 53.9 Å². The molecular weight excluding hydrogens is 566 g/mol. The van der Waals surface area contributed by atoms with Gasteiger partial charge in [0.15, 0.2) is 17.3 Å². The molecule has 0 saturated carbocycles. The SMILES string of the molecule is CCOCCOC(=O)C1C(C)=NC2=C(C(=O)C[C@@H](c3ccc(OC)c(OC)c3)C2)[C@H]1c1cc(Br)ccc1OC. The van der Waals surface area contributed by atoms with Gasteiger partial charge in [0.1, 0.15) is 18.3 Å². The third-order valence-electron chi connectivity index (χ3n) is 7.22. The number of hydrogen-bond donors (Lipinski definition) is 0. The molecule has 1 heterocycles. The maximum atomic E-state index is 13.9. The van der Waals surface area contributed by atoms with Crippen LogP contribution in [0.4, 0.5) is 0 Å². The predicted octanol–water partition coefficient (Wildman–Crippen LogP) is 5.63. The van der Waals surface area contributed by atoms with E-state index in [2.05, 4.69) is 15.9 Å². The average Bonchev–Trinajstić information content (AvgIpc) is 2.93. The van der Waals surface area contributed by atoms with Crippen LogP contribution in [0.15, 0.2) is 57.1 Å². The van der Waals surface area contributed by atoms with E-state index in [0.717, 1.165) is 15.6 Å². The Balaban J connectivity index is 1.77. The lowest BCUT2D eigenvalue weighted by Gasteiger charge is -2.37. The topological polar surface area (TPSA) is 92.7 Å². The fourth-order valence-electron chi connectivity index (χ4n) is 5.43. The van der Waals surface area contributed by atoms with Crippen LogP contribution in [0.5, 0.6) is 17.2 Å². The first-order chi connectivity index (χ1) is 18.8. The molecule has 2 aromatic carbocycles. The fraction of sp³-hybridized carbons (Fsp3) is 0.433. The number of halogens is 1. The molecule has 3 atom stereocenters. The molecule has 1 aliphatic carbocycles.